The molecular formula is C14H26N2O3. The first-order chi connectivity index (χ1) is 8.89. The summed E-state index contributed by atoms with van der Waals surface area (Å²) in [6, 6.07) is 0. The molecule has 0 unspecified atom stereocenters. The average Bonchev–Trinajstić information content (AvgIpc) is 2.77. The van der Waals surface area contributed by atoms with E-state index in [9.17, 15) is 14.7 Å². The molecule has 110 valence electrons. The van der Waals surface area contributed by atoms with Gasteiger partial charge in [-0.25, -0.2) is 4.79 Å². The summed E-state index contributed by atoms with van der Waals surface area (Å²) in [5.41, 5.74) is 4.64. The monoisotopic (exact) mass is 270 g/mol. The molecule has 0 bridgehead atoms. The van der Waals surface area contributed by atoms with Crippen molar-refractivity contribution < 1.29 is 14.7 Å². The van der Waals surface area contributed by atoms with Crippen LogP contribution in [0.5, 0.6) is 0 Å². The largest absolute Gasteiger partial charge is 0.480 e. The molecule has 19 heavy (non-hydrogen) atoms. The first-order valence-corrected chi connectivity index (χ1v) is 7.14. The number of amides is 1. The number of carbonyl (C=O) groups is 2. The van der Waals surface area contributed by atoms with E-state index in [1.807, 2.05) is 0 Å². The SMILES string of the molecule is CC(C)C[C@H](CN)CC(=O)NC1(C(=O)O)CCCC1. The van der Waals surface area contributed by atoms with Gasteiger partial charge < -0.3 is 16.2 Å². The highest BCUT2D eigenvalue weighted by molar-refractivity contribution is 5.87. The predicted octanol–water partition coefficient (Wildman–Crippen LogP) is 1.51. The molecule has 1 atom stereocenters. The molecule has 1 saturated carbocycles. The minimum atomic E-state index is -1.03. The molecule has 0 spiro atoms. The molecule has 0 aromatic rings. The number of carbonyl (C=O) groups excluding carboxylic acids is 1. The molecule has 0 saturated heterocycles. The minimum absolute atomic E-state index is 0.132. The van der Waals surface area contributed by atoms with Crippen molar-refractivity contribution in [1.82, 2.24) is 5.32 Å². The third-order valence-corrected chi connectivity index (χ3v) is 3.86. The van der Waals surface area contributed by atoms with Crippen LogP contribution in [-0.2, 0) is 9.59 Å². The number of carboxylic acids is 1. The highest BCUT2D eigenvalue weighted by atomic mass is 16.4. The molecule has 5 heteroatoms. The second kappa shape index (κ2) is 6.89. The van der Waals surface area contributed by atoms with Gasteiger partial charge in [-0.1, -0.05) is 26.7 Å². The van der Waals surface area contributed by atoms with E-state index in [0.717, 1.165) is 19.3 Å². The molecule has 1 aliphatic carbocycles. The molecule has 1 aliphatic rings. The molecule has 0 radical (unpaired) electrons. The number of hydrogen-bond donors (Lipinski definition) is 3. The zero-order chi connectivity index (χ0) is 14.5. The van der Waals surface area contributed by atoms with Crippen molar-refractivity contribution in [3.05, 3.63) is 0 Å². The minimum Gasteiger partial charge on any atom is -0.480 e. The third-order valence-electron chi connectivity index (χ3n) is 3.86. The maximum Gasteiger partial charge on any atom is 0.329 e. The van der Waals surface area contributed by atoms with E-state index in [0.29, 0.717) is 31.7 Å². The van der Waals surface area contributed by atoms with Crippen LogP contribution in [0.1, 0.15) is 52.4 Å². The standard InChI is InChI=1S/C14H26N2O3/c1-10(2)7-11(9-15)8-12(17)16-14(13(18)19)5-3-4-6-14/h10-11H,3-9,15H2,1-2H3,(H,16,17)(H,18,19)/t11-/m0/s1. The fourth-order valence-corrected chi connectivity index (χ4v) is 2.88. The van der Waals surface area contributed by atoms with Gasteiger partial charge in [0.25, 0.3) is 0 Å². The Hall–Kier alpha value is -1.10. The van der Waals surface area contributed by atoms with Crippen molar-refractivity contribution in [3.63, 3.8) is 0 Å². The Labute approximate surface area is 114 Å². The van der Waals surface area contributed by atoms with Gasteiger partial charge in [0.15, 0.2) is 0 Å². The van der Waals surface area contributed by atoms with Gasteiger partial charge >= 0.3 is 5.97 Å². The van der Waals surface area contributed by atoms with Gasteiger partial charge in [-0.3, -0.25) is 4.79 Å². The molecule has 0 heterocycles. The number of nitrogens with one attached hydrogen (secondary N) is 1. The van der Waals surface area contributed by atoms with Crippen molar-refractivity contribution in [1.29, 1.82) is 0 Å². The number of nitrogens with two attached hydrogens (primary N) is 1. The molecular weight excluding hydrogens is 244 g/mol. The van der Waals surface area contributed by atoms with Crippen LogP contribution in [0.4, 0.5) is 0 Å². The molecule has 4 N–H and O–H groups in total. The van der Waals surface area contributed by atoms with Gasteiger partial charge in [0, 0.05) is 6.42 Å². The smallest absolute Gasteiger partial charge is 0.329 e. The van der Waals surface area contributed by atoms with Crippen molar-refractivity contribution in [3.8, 4) is 0 Å². The molecule has 0 aliphatic heterocycles. The topological polar surface area (TPSA) is 92.4 Å². The van der Waals surface area contributed by atoms with Crippen LogP contribution < -0.4 is 11.1 Å². The molecule has 1 fully saturated rings. The lowest BCUT2D eigenvalue weighted by Crippen LogP contribution is -2.53. The summed E-state index contributed by atoms with van der Waals surface area (Å²) in [7, 11) is 0. The Morgan fingerprint density at radius 3 is 2.32 bits per heavy atom. The van der Waals surface area contributed by atoms with Crippen molar-refractivity contribution >= 4 is 11.9 Å². The Morgan fingerprint density at radius 1 is 1.32 bits per heavy atom. The molecule has 0 aromatic carbocycles. The van der Waals surface area contributed by atoms with Gasteiger partial charge in [0.1, 0.15) is 5.54 Å². The third kappa shape index (κ3) is 4.49. The Kier molecular flexibility index (Phi) is 5.79. The van der Waals surface area contributed by atoms with E-state index in [2.05, 4.69) is 19.2 Å². The maximum absolute atomic E-state index is 12.0. The second-order valence-electron chi connectivity index (χ2n) is 6.08. The lowest BCUT2D eigenvalue weighted by molar-refractivity contribution is -0.147. The van der Waals surface area contributed by atoms with Gasteiger partial charge in [0.05, 0.1) is 0 Å². The van der Waals surface area contributed by atoms with Crippen molar-refractivity contribution in [2.24, 2.45) is 17.6 Å². The number of aliphatic carboxylic acids is 1. The summed E-state index contributed by atoms with van der Waals surface area (Å²) >= 11 is 0. The van der Waals surface area contributed by atoms with E-state index < -0.39 is 11.5 Å². The highest BCUT2D eigenvalue weighted by Gasteiger charge is 2.42. The Balaban J connectivity index is 2.55. The second-order valence-corrected chi connectivity index (χ2v) is 6.08. The molecule has 1 amide bonds. The van der Waals surface area contributed by atoms with E-state index in [1.165, 1.54) is 0 Å². The van der Waals surface area contributed by atoms with Crippen LogP contribution >= 0.6 is 0 Å². The van der Waals surface area contributed by atoms with Gasteiger partial charge in [0.2, 0.25) is 5.91 Å². The number of hydrogen-bond acceptors (Lipinski definition) is 3. The summed E-state index contributed by atoms with van der Waals surface area (Å²) in [6.07, 6.45) is 4.00. The van der Waals surface area contributed by atoms with E-state index in [4.69, 9.17) is 5.73 Å². The van der Waals surface area contributed by atoms with Crippen LogP contribution in [0.15, 0.2) is 0 Å². The molecule has 1 rings (SSSR count). The van der Waals surface area contributed by atoms with Crippen molar-refractivity contribution in [2.45, 2.75) is 57.9 Å². The number of carboxylic acid groups (broad SMARTS) is 1. The summed E-state index contributed by atoms with van der Waals surface area (Å²) < 4.78 is 0. The van der Waals surface area contributed by atoms with Crippen LogP contribution in [0.2, 0.25) is 0 Å². The summed E-state index contributed by atoms with van der Waals surface area (Å²) in [5, 5.41) is 12.0. The lowest BCUT2D eigenvalue weighted by atomic mass is 9.92. The Bertz CT molecular complexity index is 323. The van der Waals surface area contributed by atoms with Gasteiger partial charge in [-0.15, -0.1) is 0 Å². The van der Waals surface area contributed by atoms with E-state index in [-0.39, 0.29) is 11.8 Å². The van der Waals surface area contributed by atoms with Crippen LogP contribution in [0.25, 0.3) is 0 Å². The first kappa shape index (κ1) is 16.0. The lowest BCUT2D eigenvalue weighted by Gasteiger charge is -2.26. The average molecular weight is 270 g/mol. The zero-order valence-corrected chi connectivity index (χ0v) is 11.9. The quantitative estimate of drug-likeness (QED) is 0.654. The van der Waals surface area contributed by atoms with Gasteiger partial charge in [-0.05, 0) is 37.6 Å². The highest BCUT2D eigenvalue weighted by Crippen LogP contribution is 2.30. The fourth-order valence-electron chi connectivity index (χ4n) is 2.88. The fraction of sp³-hybridized carbons (Fsp3) is 0.857. The Morgan fingerprint density at radius 2 is 1.89 bits per heavy atom. The zero-order valence-electron chi connectivity index (χ0n) is 11.9. The first-order valence-electron chi connectivity index (χ1n) is 7.14. The number of rotatable bonds is 7. The normalized spacial score (nSPS) is 19.4. The van der Waals surface area contributed by atoms with E-state index >= 15 is 0 Å². The molecule has 0 aromatic heterocycles. The van der Waals surface area contributed by atoms with Crippen molar-refractivity contribution in [2.75, 3.05) is 6.54 Å². The van der Waals surface area contributed by atoms with Crippen LogP contribution in [0, 0.1) is 11.8 Å². The van der Waals surface area contributed by atoms with E-state index in [1.54, 1.807) is 0 Å². The maximum atomic E-state index is 12.0. The van der Waals surface area contributed by atoms with Gasteiger partial charge in [-0.2, -0.15) is 0 Å². The summed E-state index contributed by atoms with van der Waals surface area (Å²) in [4.78, 5) is 23.4. The summed E-state index contributed by atoms with van der Waals surface area (Å²) in [6.45, 7) is 4.65. The predicted molar refractivity (Wildman–Crippen MR) is 73.6 cm³/mol. The van der Waals surface area contributed by atoms with Crippen LogP contribution in [0.3, 0.4) is 0 Å². The summed E-state index contributed by atoms with van der Waals surface area (Å²) in [5.74, 6) is -0.472. The molecule has 5 nitrogen and oxygen atoms in total. The van der Waals surface area contributed by atoms with Crippen LogP contribution in [-0.4, -0.2) is 29.1 Å².